The van der Waals surface area contributed by atoms with Gasteiger partial charge in [-0.3, -0.25) is 14.9 Å². The lowest BCUT2D eigenvalue weighted by Crippen LogP contribution is -2.11. The predicted molar refractivity (Wildman–Crippen MR) is 69.3 cm³/mol. The molecule has 100 valence electrons. The predicted octanol–water partition coefficient (Wildman–Crippen LogP) is 1.53. The average molecular weight is 262 g/mol. The van der Waals surface area contributed by atoms with Crippen molar-refractivity contribution in [3.8, 4) is 6.07 Å². The maximum absolute atomic E-state index is 10.8. The van der Waals surface area contributed by atoms with Gasteiger partial charge in [-0.25, -0.2) is 0 Å². The molecular formula is C12H14N4O3. The van der Waals surface area contributed by atoms with Crippen molar-refractivity contribution in [1.29, 1.82) is 5.26 Å². The largest absolute Gasteiger partial charge is 0.385 e. The van der Waals surface area contributed by atoms with E-state index in [4.69, 9.17) is 11.0 Å². The Balaban J connectivity index is 2.56. The molecule has 0 bridgehead atoms. The second kappa shape index (κ2) is 6.96. The lowest BCUT2D eigenvalue weighted by molar-refractivity contribution is -0.385. The topological polar surface area (TPSA) is 122 Å². The van der Waals surface area contributed by atoms with Crippen molar-refractivity contribution in [2.45, 2.75) is 19.3 Å². The Bertz CT molecular complexity index is 522. The van der Waals surface area contributed by atoms with E-state index in [9.17, 15) is 14.9 Å². The highest BCUT2D eigenvalue weighted by atomic mass is 16.6. The van der Waals surface area contributed by atoms with Gasteiger partial charge in [-0.1, -0.05) is 0 Å². The van der Waals surface area contributed by atoms with Crippen LogP contribution in [-0.4, -0.2) is 17.4 Å². The maximum Gasteiger partial charge on any atom is 0.289 e. The molecule has 0 radical (unpaired) electrons. The summed E-state index contributed by atoms with van der Waals surface area (Å²) < 4.78 is 0. The Labute approximate surface area is 110 Å². The van der Waals surface area contributed by atoms with Crippen molar-refractivity contribution in [1.82, 2.24) is 0 Å². The van der Waals surface area contributed by atoms with Gasteiger partial charge in [-0.15, -0.1) is 0 Å². The van der Waals surface area contributed by atoms with Gasteiger partial charge in [0.15, 0.2) is 0 Å². The maximum atomic E-state index is 10.8. The number of unbranched alkanes of at least 4 members (excludes halogenated alkanes) is 1. The number of nitro groups is 1. The van der Waals surface area contributed by atoms with Gasteiger partial charge < -0.3 is 11.1 Å². The summed E-state index contributed by atoms with van der Waals surface area (Å²) in [5, 5.41) is 22.5. The number of hydrogen-bond acceptors (Lipinski definition) is 5. The van der Waals surface area contributed by atoms with Crippen LogP contribution < -0.4 is 11.1 Å². The smallest absolute Gasteiger partial charge is 0.289 e. The van der Waals surface area contributed by atoms with Crippen molar-refractivity contribution < 1.29 is 9.72 Å². The number of rotatable bonds is 7. The number of nitriles is 1. The fourth-order valence-electron chi connectivity index (χ4n) is 1.54. The van der Waals surface area contributed by atoms with Crippen molar-refractivity contribution in [3.63, 3.8) is 0 Å². The monoisotopic (exact) mass is 262 g/mol. The van der Waals surface area contributed by atoms with E-state index in [-0.39, 0.29) is 17.2 Å². The summed E-state index contributed by atoms with van der Waals surface area (Å²) >= 11 is 0. The molecule has 0 heterocycles. The van der Waals surface area contributed by atoms with Crippen molar-refractivity contribution >= 4 is 17.3 Å². The average Bonchev–Trinajstić information content (AvgIpc) is 2.37. The van der Waals surface area contributed by atoms with Crippen LogP contribution in [0.5, 0.6) is 0 Å². The molecule has 0 aliphatic rings. The number of nitrogens with one attached hydrogen (secondary N) is 1. The number of hydrogen-bond donors (Lipinski definition) is 2. The Morgan fingerprint density at radius 1 is 1.47 bits per heavy atom. The van der Waals surface area contributed by atoms with Gasteiger partial charge >= 0.3 is 0 Å². The summed E-state index contributed by atoms with van der Waals surface area (Å²) in [7, 11) is 0. The van der Waals surface area contributed by atoms with E-state index >= 15 is 0 Å². The normalized spacial score (nSPS) is 9.63. The van der Waals surface area contributed by atoms with E-state index in [0.717, 1.165) is 6.42 Å². The highest BCUT2D eigenvalue weighted by molar-refractivity contribution is 5.73. The van der Waals surface area contributed by atoms with Gasteiger partial charge in [0.25, 0.3) is 5.69 Å². The third-order valence-electron chi connectivity index (χ3n) is 2.49. The molecule has 0 atom stereocenters. The molecule has 0 saturated heterocycles. The van der Waals surface area contributed by atoms with Gasteiger partial charge in [0, 0.05) is 24.7 Å². The highest BCUT2D eigenvalue weighted by Gasteiger charge is 2.13. The number of benzene rings is 1. The second-order valence-electron chi connectivity index (χ2n) is 3.95. The van der Waals surface area contributed by atoms with Crippen molar-refractivity contribution in [3.05, 3.63) is 33.9 Å². The van der Waals surface area contributed by atoms with Crippen LogP contribution in [0.15, 0.2) is 18.2 Å². The van der Waals surface area contributed by atoms with E-state index in [2.05, 4.69) is 5.32 Å². The Morgan fingerprint density at radius 3 is 2.79 bits per heavy atom. The van der Waals surface area contributed by atoms with Crippen LogP contribution in [0.2, 0.25) is 0 Å². The zero-order valence-electron chi connectivity index (χ0n) is 10.3. The first-order valence-corrected chi connectivity index (χ1v) is 5.75. The highest BCUT2D eigenvalue weighted by Crippen LogP contribution is 2.22. The summed E-state index contributed by atoms with van der Waals surface area (Å²) in [5.74, 6) is -0.339. The third kappa shape index (κ3) is 4.63. The Morgan fingerprint density at radius 2 is 2.21 bits per heavy atom. The molecule has 0 aromatic heterocycles. The fourth-order valence-corrected chi connectivity index (χ4v) is 1.54. The number of nitro benzene ring substituents is 1. The van der Waals surface area contributed by atoms with E-state index in [1.807, 2.05) is 0 Å². The molecule has 1 aromatic rings. The molecular weight excluding hydrogens is 248 g/mol. The molecule has 0 saturated carbocycles. The quantitative estimate of drug-likeness (QED) is 0.438. The standard InChI is InChI=1S/C12H14N4O3/c13-8-9-4-5-10(7-11(9)16(18)19)15-6-2-1-3-12(14)17/h4-5,7,15H,1-3,6H2,(H2,14,17). The molecule has 0 fully saturated rings. The lowest BCUT2D eigenvalue weighted by atomic mass is 10.1. The molecule has 19 heavy (non-hydrogen) atoms. The number of nitrogens with two attached hydrogens (primary N) is 1. The molecule has 7 nitrogen and oxygen atoms in total. The minimum absolute atomic E-state index is 0.0317. The summed E-state index contributed by atoms with van der Waals surface area (Å²) in [6, 6.07) is 6.12. The van der Waals surface area contributed by atoms with E-state index in [1.54, 1.807) is 12.1 Å². The number of anilines is 1. The molecule has 0 aliphatic carbocycles. The zero-order chi connectivity index (χ0) is 14.3. The van der Waals surface area contributed by atoms with E-state index < -0.39 is 4.92 Å². The first-order chi connectivity index (χ1) is 9.04. The van der Waals surface area contributed by atoms with Crippen LogP contribution in [0.4, 0.5) is 11.4 Å². The summed E-state index contributed by atoms with van der Waals surface area (Å²) in [6.07, 6.45) is 1.73. The fraction of sp³-hybridized carbons (Fsp3) is 0.333. The number of amides is 1. The van der Waals surface area contributed by atoms with Crippen molar-refractivity contribution in [2.24, 2.45) is 5.73 Å². The number of nitrogens with zero attached hydrogens (tertiary/aromatic N) is 2. The number of primary amides is 1. The SMILES string of the molecule is N#Cc1ccc(NCCCCC(N)=O)cc1[N+](=O)[O-]. The van der Waals surface area contributed by atoms with Crippen molar-refractivity contribution in [2.75, 3.05) is 11.9 Å². The van der Waals surface area contributed by atoms with Crippen LogP contribution in [0.3, 0.4) is 0 Å². The van der Waals surface area contributed by atoms with Crippen LogP contribution >= 0.6 is 0 Å². The molecule has 1 rings (SSSR count). The van der Waals surface area contributed by atoms with E-state index in [0.29, 0.717) is 25.1 Å². The summed E-state index contributed by atoms with van der Waals surface area (Å²) in [6.45, 7) is 0.580. The summed E-state index contributed by atoms with van der Waals surface area (Å²) in [5.41, 5.74) is 5.39. The Hall–Kier alpha value is -2.62. The van der Waals surface area contributed by atoms with Gasteiger partial charge in [0.2, 0.25) is 5.91 Å². The van der Waals surface area contributed by atoms with Gasteiger partial charge in [-0.2, -0.15) is 5.26 Å². The van der Waals surface area contributed by atoms with E-state index in [1.165, 1.54) is 12.1 Å². The zero-order valence-corrected chi connectivity index (χ0v) is 10.3. The van der Waals surface area contributed by atoms with Gasteiger partial charge in [0.1, 0.15) is 11.6 Å². The van der Waals surface area contributed by atoms with Crippen LogP contribution in [-0.2, 0) is 4.79 Å². The lowest BCUT2D eigenvalue weighted by Gasteiger charge is -2.06. The summed E-state index contributed by atoms with van der Waals surface area (Å²) in [4.78, 5) is 20.7. The molecule has 3 N–H and O–H groups in total. The first kappa shape index (κ1) is 14.4. The molecule has 0 spiro atoms. The third-order valence-corrected chi connectivity index (χ3v) is 2.49. The molecule has 1 aromatic carbocycles. The molecule has 7 heteroatoms. The number of carbonyl (C=O) groups excluding carboxylic acids is 1. The molecule has 0 aliphatic heterocycles. The minimum atomic E-state index is -0.586. The van der Waals surface area contributed by atoms with Crippen LogP contribution in [0.25, 0.3) is 0 Å². The first-order valence-electron chi connectivity index (χ1n) is 5.75. The molecule has 0 unspecified atom stereocenters. The second-order valence-corrected chi connectivity index (χ2v) is 3.95. The van der Waals surface area contributed by atoms with Gasteiger partial charge in [-0.05, 0) is 25.0 Å². The van der Waals surface area contributed by atoms with Crippen LogP contribution in [0, 0.1) is 21.4 Å². The van der Waals surface area contributed by atoms with Gasteiger partial charge in [0.05, 0.1) is 4.92 Å². The Kier molecular flexibility index (Phi) is 5.29. The number of carbonyl (C=O) groups is 1. The van der Waals surface area contributed by atoms with Crippen LogP contribution in [0.1, 0.15) is 24.8 Å². The molecule has 1 amide bonds. The minimum Gasteiger partial charge on any atom is -0.385 e.